The third-order valence-electron chi connectivity index (χ3n) is 3.57. The number of benzene rings is 1. The van der Waals surface area contributed by atoms with E-state index < -0.39 is 0 Å². The SMILES string of the molecule is Cl.O=C(CCSc1ccc2c(c1)OCCO2)N1CCNCC1. The van der Waals surface area contributed by atoms with Crippen molar-refractivity contribution in [3.63, 3.8) is 0 Å². The zero-order valence-electron chi connectivity index (χ0n) is 12.4. The second kappa shape index (κ2) is 8.50. The van der Waals surface area contributed by atoms with Gasteiger partial charge in [-0.15, -0.1) is 24.2 Å². The fourth-order valence-corrected chi connectivity index (χ4v) is 3.31. The molecule has 0 atom stereocenters. The van der Waals surface area contributed by atoms with Gasteiger partial charge in [-0.1, -0.05) is 0 Å². The quantitative estimate of drug-likeness (QED) is 0.844. The van der Waals surface area contributed by atoms with Crippen molar-refractivity contribution in [2.75, 3.05) is 45.1 Å². The van der Waals surface area contributed by atoms with Gasteiger partial charge < -0.3 is 19.7 Å². The Kier molecular flexibility index (Phi) is 6.67. The summed E-state index contributed by atoms with van der Waals surface area (Å²) in [6.45, 7) is 4.67. The second-order valence-corrected chi connectivity index (χ2v) is 6.20. The highest BCUT2D eigenvalue weighted by Crippen LogP contribution is 2.34. The van der Waals surface area contributed by atoms with Crippen molar-refractivity contribution in [3.8, 4) is 11.5 Å². The molecule has 1 amide bonds. The van der Waals surface area contributed by atoms with Crippen LogP contribution in [0, 0.1) is 0 Å². The number of halogens is 1. The summed E-state index contributed by atoms with van der Waals surface area (Å²) in [4.78, 5) is 15.1. The van der Waals surface area contributed by atoms with E-state index in [0.717, 1.165) is 48.3 Å². The lowest BCUT2D eigenvalue weighted by Crippen LogP contribution is -2.46. The number of carbonyl (C=O) groups excluding carboxylic acids is 1. The largest absolute Gasteiger partial charge is 0.486 e. The fraction of sp³-hybridized carbons (Fsp3) is 0.533. The van der Waals surface area contributed by atoms with Gasteiger partial charge in [-0.2, -0.15) is 0 Å². The molecule has 2 heterocycles. The van der Waals surface area contributed by atoms with E-state index >= 15 is 0 Å². The molecule has 1 saturated heterocycles. The summed E-state index contributed by atoms with van der Waals surface area (Å²) in [7, 11) is 0. The predicted octanol–water partition coefficient (Wildman–Crippen LogP) is 1.79. The molecule has 0 bridgehead atoms. The van der Waals surface area contributed by atoms with Crippen molar-refractivity contribution in [2.24, 2.45) is 0 Å². The lowest BCUT2D eigenvalue weighted by molar-refractivity contribution is -0.131. The number of amides is 1. The molecule has 22 heavy (non-hydrogen) atoms. The van der Waals surface area contributed by atoms with Gasteiger partial charge in [0, 0.05) is 43.2 Å². The van der Waals surface area contributed by atoms with E-state index in [1.807, 2.05) is 23.1 Å². The van der Waals surface area contributed by atoms with Gasteiger partial charge in [0.05, 0.1) is 0 Å². The van der Waals surface area contributed by atoms with Crippen LogP contribution in [0.15, 0.2) is 23.1 Å². The van der Waals surface area contributed by atoms with Gasteiger partial charge in [-0.3, -0.25) is 4.79 Å². The average molecular weight is 345 g/mol. The van der Waals surface area contributed by atoms with E-state index in [2.05, 4.69) is 5.32 Å². The van der Waals surface area contributed by atoms with Crippen molar-refractivity contribution in [1.82, 2.24) is 10.2 Å². The maximum Gasteiger partial charge on any atom is 0.223 e. The summed E-state index contributed by atoms with van der Waals surface area (Å²) in [5.74, 6) is 2.66. The molecule has 3 rings (SSSR count). The Balaban J connectivity index is 0.00000176. The highest BCUT2D eigenvalue weighted by molar-refractivity contribution is 7.99. The first kappa shape index (κ1) is 17.2. The van der Waals surface area contributed by atoms with Crippen LogP contribution in [0.4, 0.5) is 0 Å². The maximum absolute atomic E-state index is 12.1. The van der Waals surface area contributed by atoms with Gasteiger partial charge in [0.2, 0.25) is 5.91 Å². The second-order valence-electron chi connectivity index (χ2n) is 5.03. The molecule has 2 aliphatic heterocycles. The highest BCUT2D eigenvalue weighted by atomic mass is 35.5. The minimum atomic E-state index is 0. The number of piperazine rings is 1. The number of rotatable bonds is 4. The summed E-state index contributed by atoms with van der Waals surface area (Å²) < 4.78 is 11.1. The molecule has 0 spiro atoms. The summed E-state index contributed by atoms with van der Waals surface area (Å²) >= 11 is 1.69. The monoisotopic (exact) mass is 344 g/mol. The Morgan fingerprint density at radius 1 is 1.18 bits per heavy atom. The van der Waals surface area contributed by atoms with Crippen LogP contribution in [-0.4, -0.2) is 56.0 Å². The number of thioether (sulfide) groups is 1. The number of hydrogen-bond donors (Lipinski definition) is 1. The molecular weight excluding hydrogens is 324 g/mol. The number of nitrogens with one attached hydrogen (secondary N) is 1. The fourth-order valence-electron chi connectivity index (χ4n) is 2.44. The minimum absolute atomic E-state index is 0. The third-order valence-corrected chi connectivity index (χ3v) is 4.56. The Bertz CT molecular complexity index is 510. The Hall–Kier alpha value is -1.11. The van der Waals surface area contributed by atoms with Crippen LogP contribution in [0.2, 0.25) is 0 Å². The summed E-state index contributed by atoms with van der Waals surface area (Å²) in [5.41, 5.74) is 0. The van der Waals surface area contributed by atoms with Crippen LogP contribution in [0.5, 0.6) is 11.5 Å². The van der Waals surface area contributed by atoms with E-state index in [1.54, 1.807) is 11.8 Å². The van der Waals surface area contributed by atoms with Gasteiger partial charge in [-0.25, -0.2) is 0 Å². The number of carbonyl (C=O) groups is 1. The van der Waals surface area contributed by atoms with Crippen LogP contribution < -0.4 is 14.8 Å². The molecule has 0 unspecified atom stereocenters. The third kappa shape index (κ3) is 4.44. The normalized spacial score (nSPS) is 16.8. The van der Waals surface area contributed by atoms with E-state index in [1.165, 1.54) is 0 Å². The first-order chi connectivity index (χ1) is 10.3. The molecule has 0 aromatic heterocycles. The maximum atomic E-state index is 12.1. The number of fused-ring (bicyclic) bond motifs is 1. The molecule has 0 radical (unpaired) electrons. The summed E-state index contributed by atoms with van der Waals surface area (Å²) in [6.07, 6.45) is 0.582. The molecule has 5 nitrogen and oxygen atoms in total. The Morgan fingerprint density at radius 2 is 1.91 bits per heavy atom. The first-order valence-corrected chi connectivity index (χ1v) is 8.32. The molecular formula is C15H21ClN2O3S. The molecule has 2 aliphatic rings. The lowest BCUT2D eigenvalue weighted by Gasteiger charge is -2.27. The smallest absolute Gasteiger partial charge is 0.223 e. The van der Waals surface area contributed by atoms with Crippen molar-refractivity contribution in [3.05, 3.63) is 18.2 Å². The van der Waals surface area contributed by atoms with Gasteiger partial charge in [0.15, 0.2) is 11.5 Å². The van der Waals surface area contributed by atoms with E-state index in [-0.39, 0.29) is 18.3 Å². The highest BCUT2D eigenvalue weighted by Gasteiger charge is 2.16. The molecule has 1 aromatic carbocycles. The zero-order chi connectivity index (χ0) is 14.5. The van der Waals surface area contributed by atoms with Crippen molar-refractivity contribution >= 4 is 30.1 Å². The molecule has 1 fully saturated rings. The van der Waals surface area contributed by atoms with Gasteiger partial charge in [0.1, 0.15) is 13.2 Å². The molecule has 1 N–H and O–H groups in total. The van der Waals surface area contributed by atoms with Crippen molar-refractivity contribution < 1.29 is 14.3 Å². The molecule has 122 valence electrons. The van der Waals surface area contributed by atoms with Gasteiger partial charge >= 0.3 is 0 Å². The van der Waals surface area contributed by atoms with E-state index in [4.69, 9.17) is 9.47 Å². The number of hydrogen-bond acceptors (Lipinski definition) is 5. The van der Waals surface area contributed by atoms with Crippen molar-refractivity contribution in [2.45, 2.75) is 11.3 Å². The van der Waals surface area contributed by atoms with Crippen LogP contribution in [0.3, 0.4) is 0 Å². The minimum Gasteiger partial charge on any atom is -0.486 e. The lowest BCUT2D eigenvalue weighted by atomic mass is 10.3. The Morgan fingerprint density at radius 3 is 2.68 bits per heavy atom. The predicted molar refractivity (Wildman–Crippen MR) is 89.5 cm³/mol. The van der Waals surface area contributed by atoms with Gasteiger partial charge in [0.25, 0.3) is 0 Å². The first-order valence-electron chi connectivity index (χ1n) is 7.34. The average Bonchev–Trinajstić information content (AvgIpc) is 2.55. The van der Waals surface area contributed by atoms with E-state index in [9.17, 15) is 4.79 Å². The molecule has 0 aliphatic carbocycles. The standard InChI is InChI=1S/C15H20N2O3S.ClH/c18-15(17-6-4-16-5-7-17)3-10-21-12-1-2-13-14(11-12)20-9-8-19-13;/h1-2,11,16H,3-10H2;1H. The zero-order valence-corrected chi connectivity index (χ0v) is 14.0. The molecule has 7 heteroatoms. The van der Waals surface area contributed by atoms with Crippen molar-refractivity contribution in [1.29, 1.82) is 0 Å². The topological polar surface area (TPSA) is 50.8 Å². The van der Waals surface area contributed by atoms with Gasteiger partial charge in [-0.05, 0) is 18.2 Å². The van der Waals surface area contributed by atoms with Crippen LogP contribution >= 0.6 is 24.2 Å². The summed E-state index contributed by atoms with van der Waals surface area (Å²) in [5, 5.41) is 3.26. The summed E-state index contributed by atoms with van der Waals surface area (Å²) in [6, 6.07) is 5.96. The Labute approximate surface area is 141 Å². The van der Waals surface area contributed by atoms with E-state index in [0.29, 0.717) is 19.6 Å². The van der Waals surface area contributed by atoms with Crippen LogP contribution in [-0.2, 0) is 4.79 Å². The van der Waals surface area contributed by atoms with Crippen LogP contribution in [0.1, 0.15) is 6.42 Å². The molecule has 1 aromatic rings. The number of ether oxygens (including phenoxy) is 2. The molecule has 0 saturated carbocycles. The van der Waals surface area contributed by atoms with Crippen LogP contribution in [0.25, 0.3) is 0 Å². The number of nitrogens with zero attached hydrogens (tertiary/aromatic N) is 1.